The molecule has 35 heavy (non-hydrogen) atoms. The Labute approximate surface area is 203 Å². The van der Waals surface area contributed by atoms with E-state index in [4.69, 9.17) is 9.47 Å². The SMILES string of the molecule is Cc1ccc(S(=O)(=O)n2cc3c4c2C(=O)C(NCCc2ccc5c(c2)OCO5)=CC4=NCC3)cc1. The predicted octanol–water partition coefficient (Wildman–Crippen LogP) is 3.02. The number of ketones is 1. The van der Waals surface area contributed by atoms with Crippen molar-refractivity contribution in [2.24, 2.45) is 4.99 Å². The second kappa shape index (κ2) is 8.13. The summed E-state index contributed by atoms with van der Waals surface area (Å²) in [5.74, 6) is 1.08. The second-order valence-electron chi connectivity index (χ2n) is 8.76. The molecule has 2 aliphatic heterocycles. The lowest BCUT2D eigenvalue weighted by Gasteiger charge is -2.21. The Hall–Kier alpha value is -3.85. The van der Waals surface area contributed by atoms with Gasteiger partial charge in [0, 0.05) is 24.8 Å². The Kier molecular flexibility index (Phi) is 5.03. The number of aryl methyl sites for hydroxylation is 1. The summed E-state index contributed by atoms with van der Waals surface area (Å²) >= 11 is 0. The predicted molar refractivity (Wildman–Crippen MR) is 130 cm³/mol. The van der Waals surface area contributed by atoms with Crippen LogP contribution in [0.2, 0.25) is 0 Å². The highest BCUT2D eigenvalue weighted by Crippen LogP contribution is 2.33. The fraction of sp³-hybridized carbons (Fsp3) is 0.231. The van der Waals surface area contributed by atoms with E-state index in [0.29, 0.717) is 48.7 Å². The second-order valence-corrected chi connectivity index (χ2v) is 10.6. The highest BCUT2D eigenvalue weighted by Gasteiger charge is 2.36. The minimum atomic E-state index is -3.95. The van der Waals surface area contributed by atoms with Crippen LogP contribution in [0.3, 0.4) is 0 Å². The maximum atomic E-state index is 13.6. The fourth-order valence-corrected chi connectivity index (χ4v) is 6.02. The number of aliphatic imine (C=N–C) groups is 1. The number of nitrogens with one attached hydrogen (secondary N) is 1. The van der Waals surface area contributed by atoms with Crippen LogP contribution in [-0.2, 0) is 22.9 Å². The van der Waals surface area contributed by atoms with Crippen molar-refractivity contribution in [3.8, 4) is 11.5 Å². The molecule has 0 atom stereocenters. The molecule has 3 heterocycles. The molecular weight excluding hydrogens is 466 g/mol. The Morgan fingerprint density at radius 3 is 2.71 bits per heavy atom. The number of carbonyl (C=O) groups excluding carboxylic acids is 1. The van der Waals surface area contributed by atoms with Gasteiger partial charge in [0.15, 0.2) is 11.5 Å². The average molecular weight is 490 g/mol. The molecule has 0 fully saturated rings. The van der Waals surface area contributed by atoms with Crippen molar-refractivity contribution in [1.82, 2.24) is 9.29 Å². The number of carbonyl (C=O) groups is 1. The molecule has 9 heteroatoms. The Bertz CT molecular complexity index is 1530. The zero-order valence-corrected chi connectivity index (χ0v) is 19.9. The monoisotopic (exact) mass is 489 g/mol. The number of Topliss-reactive ketones (excluding diaryl/α,β-unsaturated/α-hetero) is 1. The maximum absolute atomic E-state index is 13.6. The van der Waals surface area contributed by atoms with Crippen molar-refractivity contribution >= 4 is 21.5 Å². The first-order chi connectivity index (χ1) is 16.9. The van der Waals surface area contributed by atoms with Crippen LogP contribution in [0.1, 0.15) is 32.7 Å². The van der Waals surface area contributed by atoms with E-state index in [1.165, 1.54) is 0 Å². The molecule has 0 spiro atoms. The summed E-state index contributed by atoms with van der Waals surface area (Å²) in [4.78, 5) is 18.3. The van der Waals surface area contributed by atoms with E-state index in [2.05, 4.69) is 10.3 Å². The summed E-state index contributed by atoms with van der Waals surface area (Å²) in [6.45, 7) is 3.15. The quantitative estimate of drug-likeness (QED) is 0.572. The molecule has 1 aromatic heterocycles. The lowest BCUT2D eigenvalue weighted by molar-refractivity contribution is 0.102. The van der Waals surface area contributed by atoms with Crippen molar-refractivity contribution in [3.05, 3.63) is 88.4 Å². The third-order valence-electron chi connectivity index (χ3n) is 6.46. The summed E-state index contributed by atoms with van der Waals surface area (Å²) in [7, 11) is -3.95. The van der Waals surface area contributed by atoms with Gasteiger partial charge in [0.2, 0.25) is 12.6 Å². The molecular formula is C26H23N3O5S. The number of allylic oxidation sites excluding steroid dienone is 2. The van der Waals surface area contributed by atoms with E-state index < -0.39 is 10.0 Å². The molecule has 6 rings (SSSR count). The van der Waals surface area contributed by atoms with Crippen LogP contribution in [0, 0.1) is 6.92 Å². The summed E-state index contributed by atoms with van der Waals surface area (Å²) < 4.78 is 39.0. The van der Waals surface area contributed by atoms with E-state index in [-0.39, 0.29) is 23.2 Å². The third-order valence-corrected chi connectivity index (χ3v) is 8.13. The summed E-state index contributed by atoms with van der Waals surface area (Å²) in [5.41, 5.74) is 4.57. The fourth-order valence-electron chi connectivity index (χ4n) is 4.63. The normalized spacial score (nSPS) is 16.0. The van der Waals surface area contributed by atoms with E-state index in [0.717, 1.165) is 26.4 Å². The topological polar surface area (TPSA) is 99.0 Å². The van der Waals surface area contributed by atoms with Gasteiger partial charge in [-0.3, -0.25) is 9.79 Å². The van der Waals surface area contributed by atoms with Crippen LogP contribution in [-0.4, -0.2) is 43.8 Å². The minimum absolute atomic E-state index is 0.143. The van der Waals surface area contributed by atoms with Crippen LogP contribution in [0.4, 0.5) is 0 Å². The average Bonchev–Trinajstić information content (AvgIpc) is 3.48. The lowest BCUT2D eigenvalue weighted by atomic mass is 9.92. The van der Waals surface area contributed by atoms with Crippen molar-refractivity contribution in [1.29, 1.82) is 0 Å². The van der Waals surface area contributed by atoms with Gasteiger partial charge in [-0.05, 0) is 61.2 Å². The number of ether oxygens (including phenoxy) is 2. The van der Waals surface area contributed by atoms with E-state index in [9.17, 15) is 13.2 Å². The molecule has 1 N–H and O–H groups in total. The number of hydrogen-bond donors (Lipinski definition) is 1. The van der Waals surface area contributed by atoms with Gasteiger partial charge in [-0.15, -0.1) is 0 Å². The van der Waals surface area contributed by atoms with Crippen molar-refractivity contribution < 1.29 is 22.7 Å². The van der Waals surface area contributed by atoms with E-state index in [1.807, 2.05) is 25.1 Å². The number of fused-ring (bicyclic) bond motifs is 1. The molecule has 2 aromatic carbocycles. The van der Waals surface area contributed by atoms with Gasteiger partial charge in [0.25, 0.3) is 10.0 Å². The van der Waals surface area contributed by atoms with Crippen molar-refractivity contribution in [3.63, 3.8) is 0 Å². The van der Waals surface area contributed by atoms with Crippen LogP contribution in [0.15, 0.2) is 70.3 Å². The van der Waals surface area contributed by atoms with Crippen LogP contribution in [0.5, 0.6) is 11.5 Å². The molecule has 0 saturated heterocycles. The van der Waals surface area contributed by atoms with Crippen LogP contribution >= 0.6 is 0 Å². The highest BCUT2D eigenvalue weighted by molar-refractivity contribution is 7.90. The molecule has 3 aromatic rings. The first-order valence-electron chi connectivity index (χ1n) is 11.4. The third kappa shape index (κ3) is 3.63. The molecule has 1 aliphatic carbocycles. The standard InChI is InChI=1S/C26H23N3O5S/c1-16-2-5-19(6-3-16)35(31,32)29-14-18-9-11-27-20-13-21(26(30)25(29)24(18)20)28-10-8-17-4-7-22-23(12-17)34-15-33-22/h2-7,12-14,28H,8-11,15H2,1H3. The molecule has 178 valence electrons. The van der Waals surface area contributed by atoms with Gasteiger partial charge in [-0.1, -0.05) is 23.8 Å². The van der Waals surface area contributed by atoms with Gasteiger partial charge in [0.1, 0.15) is 5.69 Å². The number of hydrogen-bond acceptors (Lipinski definition) is 7. The lowest BCUT2D eigenvalue weighted by Crippen LogP contribution is -2.32. The summed E-state index contributed by atoms with van der Waals surface area (Å²) in [5, 5.41) is 3.20. The molecule has 0 saturated carbocycles. The van der Waals surface area contributed by atoms with E-state index >= 15 is 0 Å². The highest BCUT2D eigenvalue weighted by atomic mass is 32.2. The zero-order valence-electron chi connectivity index (χ0n) is 19.1. The van der Waals surface area contributed by atoms with Crippen molar-refractivity contribution in [2.45, 2.75) is 24.7 Å². The van der Waals surface area contributed by atoms with Gasteiger partial charge < -0.3 is 14.8 Å². The molecule has 0 bridgehead atoms. The molecule has 3 aliphatic rings. The maximum Gasteiger partial charge on any atom is 0.268 e. The Morgan fingerprint density at radius 2 is 1.89 bits per heavy atom. The molecule has 8 nitrogen and oxygen atoms in total. The van der Waals surface area contributed by atoms with Crippen LogP contribution < -0.4 is 14.8 Å². The Balaban J connectivity index is 1.30. The largest absolute Gasteiger partial charge is 0.454 e. The van der Waals surface area contributed by atoms with Gasteiger partial charge >= 0.3 is 0 Å². The number of rotatable bonds is 6. The number of nitrogens with zero attached hydrogens (tertiary/aromatic N) is 2. The first kappa shape index (κ1) is 21.7. The molecule has 0 radical (unpaired) electrons. The van der Waals surface area contributed by atoms with Gasteiger partial charge in [-0.2, -0.15) is 0 Å². The molecule has 0 amide bonds. The molecule has 0 unspecified atom stereocenters. The van der Waals surface area contributed by atoms with Crippen LogP contribution in [0.25, 0.3) is 0 Å². The number of benzene rings is 2. The first-order valence-corrected chi connectivity index (χ1v) is 12.9. The smallest absolute Gasteiger partial charge is 0.268 e. The number of aromatic nitrogens is 1. The summed E-state index contributed by atoms with van der Waals surface area (Å²) in [6.07, 6.45) is 4.55. The minimum Gasteiger partial charge on any atom is -0.454 e. The van der Waals surface area contributed by atoms with Crippen molar-refractivity contribution in [2.75, 3.05) is 19.9 Å². The zero-order chi connectivity index (χ0) is 24.2. The van der Waals surface area contributed by atoms with Gasteiger partial charge in [0.05, 0.1) is 16.3 Å². The Morgan fingerprint density at radius 1 is 1.09 bits per heavy atom. The van der Waals surface area contributed by atoms with Gasteiger partial charge in [-0.25, -0.2) is 12.4 Å². The summed E-state index contributed by atoms with van der Waals surface area (Å²) in [6, 6.07) is 12.4. The van der Waals surface area contributed by atoms with E-state index in [1.54, 1.807) is 36.5 Å².